The van der Waals surface area contributed by atoms with Crippen LogP contribution in [0.4, 0.5) is 0 Å². The molecule has 1 N–H and O–H groups in total. The molecule has 0 radical (unpaired) electrons. The normalized spacial score (nSPS) is 25.1. The first-order chi connectivity index (χ1) is 8.72. The Bertz CT molecular complexity index is 426. The van der Waals surface area contributed by atoms with E-state index in [4.69, 9.17) is 4.74 Å². The Labute approximate surface area is 117 Å². The van der Waals surface area contributed by atoms with Crippen LogP contribution in [0, 0.1) is 0 Å². The predicted octanol–water partition coefficient (Wildman–Crippen LogP) is 2.57. The van der Waals surface area contributed by atoms with Crippen molar-refractivity contribution in [3.63, 3.8) is 0 Å². The summed E-state index contributed by atoms with van der Waals surface area (Å²) in [4.78, 5) is 2.26. The molecule has 0 aliphatic carbocycles. The van der Waals surface area contributed by atoms with Gasteiger partial charge >= 0.3 is 0 Å². The summed E-state index contributed by atoms with van der Waals surface area (Å²) in [6, 6.07) is 6.99. The van der Waals surface area contributed by atoms with Crippen LogP contribution in [0.25, 0.3) is 0 Å². The van der Waals surface area contributed by atoms with Gasteiger partial charge in [-0.3, -0.25) is 4.90 Å². The highest BCUT2D eigenvalue weighted by Crippen LogP contribution is 2.32. The number of nitrogens with one attached hydrogen (secondary N) is 1. The lowest BCUT2D eigenvalue weighted by Crippen LogP contribution is -2.51. The standard InChI is InChI=1S/C14H19BrN2O/c1-17-8-11(9-17)18-14-5-4-10(7-12(14)15)13-3-2-6-16-13/h4-5,7,11,13,16H,2-3,6,8-9H2,1H3. The quantitative estimate of drug-likeness (QED) is 0.928. The Kier molecular flexibility index (Phi) is 3.59. The molecule has 2 saturated heterocycles. The van der Waals surface area contributed by atoms with E-state index in [1.165, 1.54) is 18.4 Å². The van der Waals surface area contributed by atoms with Gasteiger partial charge in [0.15, 0.2) is 0 Å². The zero-order valence-corrected chi connectivity index (χ0v) is 12.2. The van der Waals surface area contributed by atoms with E-state index in [1.807, 2.05) is 0 Å². The molecule has 3 nitrogen and oxygen atoms in total. The van der Waals surface area contributed by atoms with Gasteiger partial charge in [-0.05, 0) is 60.1 Å². The summed E-state index contributed by atoms with van der Waals surface area (Å²) in [6.07, 6.45) is 2.86. The van der Waals surface area contributed by atoms with Crippen LogP contribution < -0.4 is 10.1 Å². The van der Waals surface area contributed by atoms with Crippen LogP contribution in [0.1, 0.15) is 24.4 Å². The fourth-order valence-corrected chi connectivity index (χ4v) is 3.18. The zero-order chi connectivity index (χ0) is 12.5. The maximum atomic E-state index is 5.96. The highest BCUT2D eigenvalue weighted by molar-refractivity contribution is 9.10. The molecule has 18 heavy (non-hydrogen) atoms. The van der Waals surface area contributed by atoms with Gasteiger partial charge in [-0.2, -0.15) is 0 Å². The van der Waals surface area contributed by atoms with E-state index in [1.54, 1.807) is 0 Å². The molecule has 0 aromatic heterocycles. The lowest BCUT2D eigenvalue weighted by molar-refractivity contribution is 0.0383. The molecule has 0 spiro atoms. The lowest BCUT2D eigenvalue weighted by Gasteiger charge is -2.36. The van der Waals surface area contributed by atoms with E-state index in [0.717, 1.165) is 29.9 Å². The molecule has 98 valence electrons. The Balaban J connectivity index is 1.68. The summed E-state index contributed by atoms with van der Waals surface area (Å²) in [5.41, 5.74) is 1.36. The van der Waals surface area contributed by atoms with Crippen LogP contribution in [0.5, 0.6) is 5.75 Å². The van der Waals surface area contributed by atoms with Crippen molar-refractivity contribution in [1.29, 1.82) is 0 Å². The van der Waals surface area contributed by atoms with Gasteiger partial charge in [0, 0.05) is 19.1 Å². The fourth-order valence-electron chi connectivity index (χ4n) is 2.69. The van der Waals surface area contributed by atoms with Crippen molar-refractivity contribution >= 4 is 15.9 Å². The predicted molar refractivity (Wildman–Crippen MR) is 76.0 cm³/mol. The third-order valence-electron chi connectivity index (χ3n) is 3.74. The van der Waals surface area contributed by atoms with E-state index in [0.29, 0.717) is 12.1 Å². The largest absolute Gasteiger partial charge is 0.487 e. The van der Waals surface area contributed by atoms with Crippen molar-refractivity contribution in [2.45, 2.75) is 25.0 Å². The third kappa shape index (κ3) is 2.56. The van der Waals surface area contributed by atoms with Gasteiger partial charge < -0.3 is 10.1 Å². The van der Waals surface area contributed by atoms with Gasteiger partial charge in [0.05, 0.1) is 4.47 Å². The number of likely N-dealkylation sites (N-methyl/N-ethyl adjacent to an activating group) is 1. The molecule has 1 atom stereocenters. The summed E-state index contributed by atoms with van der Waals surface area (Å²) in [7, 11) is 2.11. The number of nitrogens with zero attached hydrogens (tertiary/aromatic N) is 1. The fraction of sp³-hybridized carbons (Fsp3) is 0.571. The molecule has 1 unspecified atom stereocenters. The number of likely N-dealkylation sites (tertiary alicyclic amines) is 1. The molecule has 3 rings (SSSR count). The molecule has 4 heteroatoms. The molecule has 2 fully saturated rings. The number of ether oxygens (including phenoxy) is 1. The van der Waals surface area contributed by atoms with E-state index < -0.39 is 0 Å². The molecular weight excluding hydrogens is 292 g/mol. The summed E-state index contributed by atoms with van der Waals surface area (Å²) in [5.74, 6) is 0.967. The Morgan fingerprint density at radius 3 is 2.83 bits per heavy atom. The number of hydrogen-bond donors (Lipinski definition) is 1. The molecule has 0 bridgehead atoms. The minimum absolute atomic E-state index is 0.349. The van der Waals surface area contributed by atoms with E-state index in [-0.39, 0.29) is 0 Å². The van der Waals surface area contributed by atoms with Gasteiger partial charge in [0.2, 0.25) is 0 Å². The van der Waals surface area contributed by atoms with Gasteiger partial charge in [0.25, 0.3) is 0 Å². The summed E-state index contributed by atoms with van der Waals surface area (Å²) in [6.45, 7) is 3.19. The van der Waals surface area contributed by atoms with Gasteiger partial charge in [0.1, 0.15) is 11.9 Å². The highest BCUT2D eigenvalue weighted by Gasteiger charge is 2.25. The van der Waals surface area contributed by atoms with Crippen LogP contribution in [-0.4, -0.2) is 37.7 Å². The van der Waals surface area contributed by atoms with Gasteiger partial charge in [-0.25, -0.2) is 0 Å². The number of benzene rings is 1. The lowest BCUT2D eigenvalue weighted by atomic mass is 10.1. The second-order valence-electron chi connectivity index (χ2n) is 5.30. The second kappa shape index (κ2) is 5.19. The molecule has 0 saturated carbocycles. The molecular formula is C14H19BrN2O. The number of rotatable bonds is 3. The van der Waals surface area contributed by atoms with Crippen LogP contribution in [0.2, 0.25) is 0 Å². The maximum Gasteiger partial charge on any atom is 0.134 e. The molecule has 1 aromatic carbocycles. The van der Waals surface area contributed by atoms with Gasteiger partial charge in [-0.1, -0.05) is 6.07 Å². The molecule has 1 aromatic rings. The summed E-state index contributed by atoms with van der Waals surface area (Å²) in [5, 5.41) is 3.52. The third-order valence-corrected chi connectivity index (χ3v) is 4.36. The number of hydrogen-bond acceptors (Lipinski definition) is 3. The maximum absolute atomic E-state index is 5.96. The first kappa shape index (κ1) is 12.5. The second-order valence-corrected chi connectivity index (χ2v) is 6.15. The van der Waals surface area contributed by atoms with E-state index in [9.17, 15) is 0 Å². The average Bonchev–Trinajstić information content (AvgIpc) is 2.83. The molecule has 2 aliphatic heterocycles. The SMILES string of the molecule is CN1CC(Oc2ccc(C3CCCN3)cc2Br)C1. The molecule has 2 aliphatic rings. The first-order valence-corrected chi connectivity index (χ1v) is 7.40. The van der Waals surface area contributed by atoms with Crippen LogP contribution in [0.3, 0.4) is 0 Å². The Morgan fingerprint density at radius 2 is 2.22 bits per heavy atom. The van der Waals surface area contributed by atoms with E-state index in [2.05, 4.69) is 51.4 Å². The van der Waals surface area contributed by atoms with E-state index >= 15 is 0 Å². The monoisotopic (exact) mass is 310 g/mol. The van der Waals surface area contributed by atoms with Crippen molar-refractivity contribution in [3.05, 3.63) is 28.2 Å². The van der Waals surface area contributed by atoms with Crippen LogP contribution >= 0.6 is 15.9 Å². The van der Waals surface area contributed by atoms with Crippen molar-refractivity contribution < 1.29 is 4.74 Å². The summed E-state index contributed by atoms with van der Waals surface area (Å²) >= 11 is 3.62. The van der Waals surface area contributed by atoms with Crippen LogP contribution in [-0.2, 0) is 0 Å². The van der Waals surface area contributed by atoms with Crippen molar-refractivity contribution in [1.82, 2.24) is 10.2 Å². The van der Waals surface area contributed by atoms with Crippen LogP contribution in [0.15, 0.2) is 22.7 Å². The average molecular weight is 311 g/mol. The molecule has 0 amide bonds. The molecule has 2 heterocycles. The smallest absolute Gasteiger partial charge is 0.134 e. The minimum Gasteiger partial charge on any atom is -0.487 e. The summed E-state index contributed by atoms with van der Waals surface area (Å²) < 4.78 is 7.03. The number of halogens is 1. The minimum atomic E-state index is 0.349. The zero-order valence-electron chi connectivity index (χ0n) is 10.7. The first-order valence-electron chi connectivity index (χ1n) is 6.60. The van der Waals surface area contributed by atoms with Crippen molar-refractivity contribution in [3.8, 4) is 5.75 Å². The Hall–Kier alpha value is -0.580. The highest BCUT2D eigenvalue weighted by atomic mass is 79.9. The van der Waals surface area contributed by atoms with Gasteiger partial charge in [-0.15, -0.1) is 0 Å². The van der Waals surface area contributed by atoms with Crippen molar-refractivity contribution in [2.24, 2.45) is 0 Å². The van der Waals surface area contributed by atoms with Crippen molar-refractivity contribution in [2.75, 3.05) is 26.7 Å². The Morgan fingerprint density at radius 1 is 1.39 bits per heavy atom. The topological polar surface area (TPSA) is 24.5 Å².